The fourth-order valence-electron chi connectivity index (χ4n) is 3.58. The average molecular weight is 343 g/mol. The number of sulfonamides is 1. The van der Waals surface area contributed by atoms with Gasteiger partial charge in [-0.15, -0.1) is 0 Å². The molecule has 4 nitrogen and oxygen atoms in total. The van der Waals surface area contributed by atoms with Gasteiger partial charge in [0, 0.05) is 37.2 Å². The van der Waals surface area contributed by atoms with E-state index in [0.717, 1.165) is 13.1 Å². The second kappa shape index (κ2) is 6.48. The molecular formula is C16H23ClN2O2S. The molecule has 22 heavy (non-hydrogen) atoms. The predicted octanol–water partition coefficient (Wildman–Crippen LogP) is 2.90. The lowest BCUT2D eigenvalue weighted by atomic mass is 10.2. The van der Waals surface area contributed by atoms with Crippen LogP contribution in [0.25, 0.3) is 0 Å². The minimum absolute atomic E-state index is 0.342. The van der Waals surface area contributed by atoms with Crippen LogP contribution in [0.5, 0.6) is 0 Å². The summed E-state index contributed by atoms with van der Waals surface area (Å²) in [7, 11) is -3.44. The molecule has 0 radical (unpaired) electrons. The third-order valence-corrected chi connectivity index (χ3v) is 7.40. The third kappa shape index (κ3) is 3.04. The number of piperazine rings is 1. The van der Waals surface area contributed by atoms with Crippen LogP contribution in [0.4, 0.5) is 0 Å². The lowest BCUT2D eigenvalue weighted by molar-refractivity contribution is 0.139. The molecule has 0 spiro atoms. The third-order valence-electron chi connectivity index (χ3n) is 4.95. The van der Waals surface area contributed by atoms with E-state index in [1.807, 2.05) is 0 Å². The monoisotopic (exact) mass is 342 g/mol. The molecule has 0 unspecified atom stereocenters. The van der Waals surface area contributed by atoms with Crippen molar-refractivity contribution in [2.24, 2.45) is 0 Å². The zero-order chi connectivity index (χ0) is 15.7. The van der Waals surface area contributed by atoms with Crippen LogP contribution in [0.3, 0.4) is 0 Å². The highest BCUT2D eigenvalue weighted by Crippen LogP contribution is 2.28. The van der Waals surface area contributed by atoms with Gasteiger partial charge in [-0.1, -0.05) is 30.5 Å². The molecule has 2 fully saturated rings. The maximum absolute atomic E-state index is 12.8. The molecule has 1 saturated heterocycles. The van der Waals surface area contributed by atoms with Gasteiger partial charge >= 0.3 is 0 Å². The number of nitrogens with zero attached hydrogens (tertiary/aromatic N) is 2. The molecular weight excluding hydrogens is 320 g/mol. The average Bonchev–Trinajstić information content (AvgIpc) is 3.04. The van der Waals surface area contributed by atoms with Gasteiger partial charge in [0.2, 0.25) is 10.0 Å². The highest BCUT2D eigenvalue weighted by atomic mass is 35.5. The first-order valence-electron chi connectivity index (χ1n) is 7.99. The predicted molar refractivity (Wildman–Crippen MR) is 88.8 cm³/mol. The molecule has 0 amide bonds. The van der Waals surface area contributed by atoms with Crippen molar-refractivity contribution >= 4 is 21.6 Å². The lowest BCUT2D eigenvalue weighted by Crippen LogP contribution is -2.51. The van der Waals surface area contributed by atoms with E-state index >= 15 is 0 Å². The topological polar surface area (TPSA) is 40.6 Å². The summed E-state index contributed by atoms with van der Waals surface area (Å²) in [5, 5.41) is 0.505. The van der Waals surface area contributed by atoms with E-state index in [9.17, 15) is 8.42 Å². The van der Waals surface area contributed by atoms with E-state index in [-0.39, 0.29) is 0 Å². The molecule has 1 aromatic rings. The summed E-state index contributed by atoms with van der Waals surface area (Å²) >= 11 is 6.08. The minimum atomic E-state index is -3.44. The van der Waals surface area contributed by atoms with E-state index in [1.165, 1.54) is 25.7 Å². The Kier molecular flexibility index (Phi) is 4.78. The Morgan fingerprint density at radius 2 is 1.73 bits per heavy atom. The first kappa shape index (κ1) is 16.2. The number of hydrogen-bond acceptors (Lipinski definition) is 3. The van der Waals surface area contributed by atoms with Crippen molar-refractivity contribution in [3.8, 4) is 0 Å². The molecule has 0 atom stereocenters. The summed E-state index contributed by atoms with van der Waals surface area (Å²) in [6, 6.07) is 5.75. The second-order valence-electron chi connectivity index (χ2n) is 6.24. The van der Waals surface area contributed by atoms with Gasteiger partial charge in [0.15, 0.2) is 0 Å². The molecule has 6 heteroatoms. The molecule has 122 valence electrons. The van der Waals surface area contributed by atoms with Crippen LogP contribution >= 0.6 is 11.6 Å². The van der Waals surface area contributed by atoms with Gasteiger partial charge in [-0.3, -0.25) is 4.90 Å². The highest BCUT2D eigenvalue weighted by molar-refractivity contribution is 7.89. The van der Waals surface area contributed by atoms with Crippen LogP contribution in [0.1, 0.15) is 31.2 Å². The maximum Gasteiger partial charge on any atom is 0.243 e. The van der Waals surface area contributed by atoms with Crippen molar-refractivity contribution in [3.63, 3.8) is 0 Å². The Bertz CT molecular complexity index is 634. The van der Waals surface area contributed by atoms with E-state index in [0.29, 0.717) is 34.6 Å². The molecule has 0 aromatic heterocycles. The van der Waals surface area contributed by atoms with Crippen molar-refractivity contribution in [2.45, 2.75) is 43.5 Å². The number of halogens is 1. The van der Waals surface area contributed by atoms with Crippen LogP contribution in [-0.2, 0) is 10.0 Å². The molecule has 1 saturated carbocycles. The van der Waals surface area contributed by atoms with Crippen molar-refractivity contribution in [1.29, 1.82) is 0 Å². The van der Waals surface area contributed by atoms with Gasteiger partial charge in [0.05, 0.1) is 4.90 Å². The zero-order valence-electron chi connectivity index (χ0n) is 13.0. The van der Waals surface area contributed by atoms with Gasteiger partial charge in [0.25, 0.3) is 0 Å². The summed E-state index contributed by atoms with van der Waals surface area (Å²) in [6.45, 7) is 4.59. The standard InChI is InChI=1S/C16H23ClN2O2S/c1-13-15(17)7-4-8-16(13)22(20,21)19-11-9-18(10-12-19)14-5-2-3-6-14/h4,7-8,14H,2-3,5-6,9-12H2,1H3. The Labute approximate surface area is 138 Å². The molecule has 0 N–H and O–H groups in total. The van der Waals surface area contributed by atoms with Crippen LogP contribution in [0.15, 0.2) is 23.1 Å². The quantitative estimate of drug-likeness (QED) is 0.848. The summed E-state index contributed by atoms with van der Waals surface area (Å²) in [5.74, 6) is 0. The number of rotatable bonds is 3. The van der Waals surface area contributed by atoms with Crippen molar-refractivity contribution in [1.82, 2.24) is 9.21 Å². The van der Waals surface area contributed by atoms with Crippen molar-refractivity contribution in [2.75, 3.05) is 26.2 Å². The Hall–Kier alpha value is -0.620. The van der Waals surface area contributed by atoms with Gasteiger partial charge in [-0.25, -0.2) is 8.42 Å². The first-order valence-corrected chi connectivity index (χ1v) is 9.81. The van der Waals surface area contributed by atoms with E-state index in [1.54, 1.807) is 29.4 Å². The first-order chi connectivity index (χ1) is 10.5. The molecule has 0 bridgehead atoms. The summed E-state index contributed by atoms with van der Waals surface area (Å²) < 4.78 is 27.3. The second-order valence-corrected chi connectivity index (χ2v) is 8.55. The molecule has 1 aromatic carbocycles. The Morgan fingerprint density at radius 1 is 1.09 bits per heavy atom. The molecule has 3 rings (SSSR count). The van der Waals surface area contributed by atoms with Gasteiger partial charge in [0.1, 0.15) is 0 Å². The highest BCUT2D eigenvalue weighted by Gasteiger charge is 2.32. The fraction of sp³-hybridized carbons (Fsp3) is 0.625. The summed E-state index contributed by atoms with van der Waals surface area (Å²) in [5.41, 5.74) is 0.641. The zero-order valence-corrected chi connectivity index (χ0v) is 14.5. The van der Waals surface area contributed by atoms with Crippen molar-refractivity contribution in [3.05, 3.63) is 28.8 Å². The van der Waals surface area contributed by atoms with Crippen LogP contribution < -0.4 is 0 Å². The lowest BCUT2D eigenvalue weighted by Gasteiger charge is -2.37. The van der Waals surface area contributed by atoms with Crippen molar-refractivity contribution < 1.29 is 8.42 Å². The fourth-order valence-corrected chi connectivity index (χ4v) is 5.48. The Morgan fingerprint density at radius 3 is 2.36 bits per heavy atom. The van der Waals surface area contributed by atoms with E-state index in [4.69, 9.17) is 11.6 Å². The van der Waals surface area contributed by atoms with Gasteiger partial charge in [-0.2, -0.15) is 4.31 Å². The minimum Gasteiger partial charge on any atom is -0.298 e. The SMILES string of the molecule is Cc1c(Cl)cccc1S(=O)(=O)N1CCN(C2CCCC2)CC1. The van der Waals surface area contributed by atoms with Crippen LogP contribution in [0.2, 0.25) is 5.02 Å². The largest absolute Gasteiger partial charge is 0.298 e. The summed E-state index contributed by atoms with van der Waals surface area (Å²) in [6.07, 6.45) is 5.15. The van der Waals surface area contributed by atoms with Gasteiger partial charge < -0.3 is 0 Å². The Balaban J connectivity index is 1.73. The van der Waals surface area contributed by atoms with E-state index in [2.05, 4.69) is 4.90 Å². The summed E-state index contributed by atoms with van der Waals surface area (Å²) in [4.78, 5) is 2.80. The molecule has 1 aliphatic heterocycles. The van der Waals surface area contributed by atoms with Gasteiger partial charge in [-0.05, 0) is 37.5 Å². The smallest absolute Gasteiger partial charge is 0.243 e. The van der Waals surface area contributed by atoms with E-state index < -0.39 is 10.0 Å². The van der Waals surface area contributed by atoms with Crippen LogP contribution in [-0.4, -0.2) is 49.8 Å². The molecule has 2 aliphatic rings. The molecule has 1 aliphatic carbocycles. The normalized spacial score (nSPS) is 22.3. The molecule has 1 heterocycles. The number of hydrogen-bond donors (Lipinski definition) is 0. The number of benzene rings is 1. The van der Waals surface area contributed by atoms with Crippen LogP contribution in [0, 0.1) is 6.92 Å². The maximum atomic E-state index is 12.8.